The Hall–Kier alpha value is -1.59. The first kappa shape index (κ1) is 15.5. The maximum atomic E-state index is 11.2. The minimum absolute atomic E-state index is 0.0661. The third-order valence-electron chi connectivity index (χ3n) is 2.88. The van der Waals surface area contributed by atoms with Crippen molar-refractivity contribution in [2.45, 2.75) is 32.9 Å². The van der Waals surface area contributed by atoms with E-state index in [1.54, 1.807) is 18.2 Å². The zero-order chi connectivity index (χ0) is 14.4. The zero-order valence-electron chi connectivity index (χ0n) is 11.9. The van der Waals surface area contributed by atoms with Gasteiger partial charge in [0.25, 0.3) is 0 Å². The molecular formula is C14H22N2O3. The third kappa shape index (κ3) is 4.22. The Morgan fingerprint density at radius 1 is 1.47 bits per heavy atom. The van der Waals surface area contributed by atoms with Crippen molar-refractivity contribution in [3.8, 4) is 5.75 Å². The van der Waals surface area contributed by atoms with Crippen molar-refractivity contribution in [1.29, 1.82) is 0 Å². The van der Waals surface area contributed by atoms with E-state index in [9.17, 15) is 9.90 Å². The lowest BCUT2D eigenvalue weighted by Crippen LogP contribution is -2.31. The summed E-state index contributed by atoms with van der Waals surface area (Å²) in [6, 6.07) is 5.20. The van der Waals surface area contributed by atoms with Crippen molar-refractivity contribution >= 4 is 11.6 Å². The van der Waals surface area contributed by atoms with Crippen molar-refractivity contribution < 1.29 is 14.6 Å². The summed E-state index contributed by atoms with van der Waals surface area (Å²) in [5.41, 5.74) is 1.30. The Labute approximate surface area is 114 Å². The zero-order valence-corrected chi connectivity index (χ0v) is 11.9. The highest BCUT2D eigenvalue weighted by Crippen LogP contribution is 2.29. The van der Waals surface area contributed by atoms with Gasteiger partial charge in [-0.3, -0.25) is 4.79 Å². The van der Waals surface area contributed by atoms with Crippen molar-refractivity contribution in [2.24, 2.45) is 0 Å². The number of nitrogens with one attached hydrogen (secondary N) is 2. The fourth-order valence-corrected chi connectivity index (χ4v) is 1.92. The van der Waals surface area contributed by atoms with E-state index in [1.165, 1.54) is 14.0 Å². The highest BCUT2D eigenvalue weighted by Gasteiger charge is 2.17. The third-order valence-corrected chi connectivity index (χ3v) is 2.88. The molecular weight excluding hydrogens is 244 g/mol. The number of likely N-dealkylation sites (N-methyl/N-ethyl adjacent to an activating group) is 1. The molecule has 19 heavy (non-hydrogen) atoms. The van der Waals surface area contributed by atoms with Gasteiger partial charge in [0.05, 0.1) is 18.9 Å². The summed E-state index contributed by atoms with van der Waals surface area (Å²) in [6.45, 7) is 6.12. The molecule has 0 radical (unpaired) electrons. The van der Waals surface area contributed by atoms with Gasteiger partial charge in [0.2, 0.25) is 5.91 Å². The number of rotatable bonds is 6. The summed E-state index contributed by atoms with van der Waals surface area (Å²) in [6.07, 6.45) is -0.640. The second-order valence-corrected chi connectivity index (χ2v) is 4.43. The first-order chi connectivity index (χ1) is 8.99. The van der Waals surface area contributed by atoms with Gasteiger partial charge in [0.1, 0.15) is 5.75 Å². The van der Waals surface area contributed by atoms with E-state index in [0.717, 1.165) is 12.1 Å². The topological polar surface area (TPSA) is 70.6 Å². The van der Waals surface area contributed by atoms with E-state index in [0.29, 0.717) is 11.4 Å². The summed E-state index contributed by atoms with van der Waals surface area (Å²) >= 11 is 0. The maximum Gasteiger partial charge on any atom is 0.221 e. The normalized spacial score (nSPS) is 13.7. The summed E-state index contributed by atoms with van der Waals surface area (Å²) in [4.78, 5) is 11.2. The molecule has 5 heteroatoms. The molecule has 106 valence electrons. The minimum Gasteiger partial charge on any atom is -0.495 e. The molecule has 0 aliphatic heterocycles. The second-order valence-electron chi connectivity index (χ2n) is 4.43. The molecule has 0 aromatic heterocycles. The van der Waals surface area contributed by atoms with Crippen LogP contribution in [0.2, 0.25) is 0 Å². The Kier molecular flexibility index (Phi) is 5.79. The van der Waals surface area contributed by atoms with Crippen LogP contribution in [0, 0.1) is 0 Å². The van der Waals surface area contributed by atoms with Crippen LogP contribution in [0.4, 0.5) is 5.69 Å². The molecule has 0 heterocycles. The summed E-state index contributed by atoms with van der Waals surface area (Å²) in [7, 11) is 1.54. The van der Waals surface area contributed by atoms with Gasteiger partial charge in [-0.2, -0.15) is 0 Å². The number of hydrogen-bond acceptors (Lipinski definition) is 4. The van der Waals surface area contributed by atoms with Gasteiger partial charge in [0, 0.05) is 13.0 Å². The predicted octanol–water partition coefficient (Wildman–Crippen LogP) is 1.68. The number of ether oxygens (including phenoxy) is 1. The number of amides is 1. The van der Waals surface area contributed by atoms with E-state index in [1.807, 2.05) is 13.8 Å². The quantitative estimate of drug-likeness (QED) is 0.732. The van der Waals surface area contributed by atoms with Gasteiger partial charge < -0.3 is 20.5 Å². The molecule has 2 unspecified atom stereocenters. The molecule has 0 fully saturated rings. The minimum atomic E-state index is -0.640. The standard InChI is InChI=1S/C14H22N2O3/c1-5-15-9(2)14(18)11-6-7-13(19-4)12(8-11)16-10(3)17/h6-9,14-15,18H,5H2,1-4H3,(H,16,17). The number of aliphatic hydroxyl groups is 1. The van der Waals surface area contributed by atoms with Crippen molar-refractivity contribution in [3.63, 3.8) is 0 Å². The molecule has 0 saturated heterocycles. The van der Waals surface area contributed by atoms with Gasteiger partial charge in [-0.15, -0.1) is 0 Å². The molecule has 0 bridgehead atoms. The number of anilines is 1. The number of aliphatic hydroxyl groups excluding tert-OH is 1. The summed E-state index contributed by atoms with van der Waals surface area (Å²) in [5.74, 6) is 0.395. The van der Waals surface area contributed by atoms with Crippen LogP contribution in [-0.4, -0.2) is 30.7 Å². The molecule has 1 rings (SSSR count). The van der Waals surface area contributed by atoms with Gasteiger partial charge >= 0.3 is 0 Å². The SMILES string of the molecule is CCNC(C)C(O)c1ccc(OC)c(NC(C)=O)c1. The molecule has 0 aliphatic carbocycles. The van der Waals surface area contributed by atoms with Crippen molar-refractivity contribution in [3.05, 3.63) is 23.8 Å². The maximum absolute atomic E-state index is 11.2. The number of benzene rings is 1. The lowest BCUT2D eigenvalue weighted by molar-refractivity contribution is -0.114. The molecule has 1 amide bonds. The Morgan fingerprint density at radius 3 is 2.68 bits per heavy atom. The molecule has 0 aliphatic rings. The smallest absolute Gasteiger partial charge is 0.221 e. The molecule has 0 spiro atoms. The van der Waals surface area contributed by atoms with E-state index in [-0.39, 0.29) is 11.9 Å². The fourth-order valence-electron chi connectivity index (χ4n) is 1.92. The van der Waals surface area contributed by atoms with E-state index in [2.05, 4.69) is 10.6 Å². The predicted molar refractivity (Wildman–Crippen MR) is 75.4 cm³/mol. The Morgan fingerprint density at radius 2 is 2.16 bits per heavy atom. The van der Waals surface area contributed by atoms with Crippen LogP contribution in [0.25, 0.3) is 0 Å². The van der Waals surface area contributed by atoms with Crippen molar-refractivity contribution in [1.82, 2.24) is 5.32 Å². The fraction of sp³-hybridized carbons (Fsp3) is 0.500. The largest absolute Gasteiger partial charge is 0.495 e. The number of methoxy groups -OCH3 is 1. The lowest BCUT2D eigenvalue weighted by atomic mass is 10.0. The van der Waals surface area contributed by atoms with E-state index in [4.69, 9.17) is 4.74 Å². The summed E-state index contributed by atoms with van der Waals surface area (Å²) in [5, 5.41) is 16.1. The van der Waals surface area contributed by atoms with Gasteiger partial charge in [-0.25, -0.2) is 0 Å². The molecule has 1 aromatic carbocycles. The van der Waals surface area contributed by atoms with Crippen LogP contribution >= 0.6 is 0 Å². The first-order valence-corrected chi connectivity index (χ1v) is 6.36. The van der Waals surface area contributed by atoms with Gasteiger partial charge in [-0.1, -0.05) is 13.0 Å². The molecule has 5 nitrogen and oxygen atoms in total. The molecule has 0 saturated carbocycles. The highest BCUT2D eigenvalue weighted by molar-refractivity contribution is 5.90. The van der Waals surface area contributed by atoms with Crippen LogP contribution in [0.3, 0.4) is 0 Å². The number of carbonyl (C=O) groups excluding carboxylic acids is 1. The van der Waals surface area contributed by atoms with Crippen molar-refractivity contribution in [2.75, 3.05) is 19.0 Å². The Balaban J connectivity index is 2.99. The van der Waals surface area contributed by atoms with Crippen LogP contribution in [0.15, 0.2) is 18.2 Å². The molecule has 3 N–H and O–H groups in total. The first-order valence-electron chi connectivity index (χ1n) is 6.36. The van der Waals surface area contributed by atoms with Crippen LogP contribution < -0.4 is 15.4 Å². The van der Waals surface area contributed by atoms with Crippen LogP contribution in [0.1, 0.15) is 32.4 Å². The number of carbonyl (C=O) groups is 1. The second kappa shape index (κ2) is 7.11. The molecule has 2 atom stereocenters. The number of hydrogen-bond donors (Lipinski definition) is 3. The summed E-state index contributed by atoms with van der Waals surface area (Å²) < 4.78 is 5.18. The Bertz CT molecular complexity index is 435. The van der Waals surface area contributed by atoms with Crippen LogP contribution in [0.5, 0.6) is 5.75 Å². The molecule has 1 aromatic rings. The van der Waals surface area contributed by atoms with Crippen LogP contribution in [-0.2, 0) is 4.79 Å². The van der Waals surface area contributed by atoms with E-state index >= 15 is 0 Å². The van der Waals surface area contributed by atoms with Gasteiger partial charge in [-0.05, 0) is 31.2 Å². The highest BCUT2D eigenvalue weighted by atomic mass is 16.5. The average molecular weight is 266 g/mol. The van der Waals surface area contributed by atoms with E-state index < -0.39 is 6.10 Å². The lowest BCUT2D eigenvalue weighted by Gasteiger charge is -2.21. The monoisotopic (exact) mass is 266 g/mol. The average Bonchev–Trinajstić information content (AvgIpc) is 2.37. The van der Waals surface area contributed by atoms with Gasteiger partial charge in [0.15, 0.2) is 0 Å².